The minimum atomic E-state index is -0.271. The van der Waals surface area contributed by atoms with Crippen molar-refractivity contribution >= 4 is 6.08 Å². The van der Waals surface area contributed by atoms with Gasteiger partial charge in [0, 0.05) is 11.1 Å². The van der Waals surface area contributed by atoms with Crippen molar-refractivity contribution in [3.05, 3.63) is 52.6 Å². The number of hydrogen-bond acceptors (Lipinski definition) is 2. The molecule has 0 saturated carbocycles. The average molecular weight is 310 g/mol. The summed E-state index contributed by atoms with van der Waals surface area (Å²) in [7, 11) is 0. The number of phenols is 1. The molecular weight excluding hydrogens is 284 g/mol. The van der Waals surface area contributed by atoms with Crippen molar-refractivity contribution in [2.24, 2.45) is 0 Å². The monoisotopic (exact) mass is 310 g/mol. The van der Waals surface area contributed by atoms with Gasteiger partial charge < -0.3 is 9.84 Å². The van der Waals surface area contributed by atoms with Crippen molar-refractivity contribution in [2.75, 3.05) is 0 Å². The maximum Gasteiger partial charge on any atom is 0.128 e. The molecule has 1 atom stereocenters. The molecule has 0 spiro atoms. The predicted molar refractivity (Wildman–Crippen MR) is 95.9 cm³/mol. The molecule has 3 rings (SSSR count). The molecule has 1 aromatic carbocycles. The first-order valence-electron chi connectivity index (χ1n) is 8.51. The lowest BCUT2D eigenvalue weighted by Gasteiger charge is -2.32. The lowest BCUT2D eigenvalue weighted by atomic mass is 9.92. The minimum absolute atomic E-state index is 0.271. The number of aromatic hydroxyl groups is 1. The third-order valence-corrected chi connectivity index (χ3v) is 4.80. The number of allylic oxidation sites excluding steroid dienone is 4. The summed E-state index contributed by atoms with van der Waals surface area (Å²) in [6.45, 7) is 6.48. The van der Waals surface area contributed by atoms with Crippen LogP contribution >= 0.6 is 0 Å². The summed E-state index contributed by atoms with van der Waals surface area (Å²) in [5, 5.41) is 10.3. The molecule has 122 valence electrons. The van der Waals surface area contributed by atoms with E-state index in [2.05, 4.69) is 45.1 Å². The summed E-state index contributed by atoms with van der Waals surface area (Å²) >= 11 is 0. The van der Waals surface area contributed by atoms with Crippen LogP contribution in [0.1, 0.15) is 57.6 Å². The summed E-state index contributed by atoms with van der Waals surface area (Å²) < 4.78 is 6.28. The zero-order valence-electron chi connectivity index (χ0n) is 14.4. The van der Waals surface area contributed by atoms with Gasteiger partial charge in [-0.3, -0.25) is 0 Å². The second-order valence-corrected chi connectivity index (χ2v) is 7.12. The normalized spacial score (nSPS) is 29.0. The van der Waals surface area contributed by atoms with E-state index in [1.165, 1.54) is 11.1 Å². The van der Waals surface area contributed by atoms with Gasteiger partial charge in [-0.1, -0.05) is 29.4 Å². The highest BCUT2D eigenvalue weighted by Crippen LogP contribution is 2.38. The van der Waals surface area contributed by atoms with Gasteiger partial charge in [-0.15, -0.1) is 0 Å². The minimum Gasteiger partial charge on any atom is -0.508 e. The first kappa shape index (κ1) is 15.9. The van der Waals surface area contributed by atoms with Crippen molar-refractivity contribution in [1.29, 1.82) is 0 Å². The molecule has 2 heterocycles. The van der Waals surface area contributed by atoms with Crippen LogP contribution in [0.3, 0.4) is 0 Å². The number of phenolic OH excluding ortho intramolecular Hbond substituents is 1. The third-order valence-electron chi connectivity index (χ3n) is 4.80. The molecule has 2 nitrogen and oxygen atoms in total. The van der Waals surface area contributed by atoms with Crippen molar-refractivity contribution < 1.29 is 9.84 Å². The number of benzene rings is 1. The van der Waals surface area contributed by atoms with Gasteiger partial charge in [-0.05, 0) is 71.1 Å². The molecule has 3 bridgehead atoms. The molecule has 2 aliphatic rings. The average Bonchev–Trinajstić information content (AvgIpc) is 2.48. The van der Waals surface area contributed by atoms with E-state index in [0.29, 0.717) is 5.75 Å². The Balaban J connectivity index is 2.00. The maximum absolute atomic E-state index is 10.3. The Morgan fingerprint density at radius 3 is 2.70 bits per heavy atom. The van der Waals surface area contributed by atoms with E-state index in [4.69, 9.17) is 4.74 Å². The van der Waals surface area contributed by atoms with Crippen LogP contribution in [0.2, 0.25) is 0 Å². The Morgan fingerprint density at radius 2 is 1.87 bits per heavy atom. The van der Waals surface area contributed by atoms with E-state index < -0.39 is 0 Å². The second-order valence-electron chi connectivity index (χ2n) is 7.12. The van der Waals surface area contributed by atoms with Gasteiger partial charge in [0.05, 0.1) is 0 Å². The number of hydrogen-bond donors (Lipinski definition) is 1. The SMILES string of the molecule is C/C1=C/CC/C(C)=C/CC[C@@]2(C)C=Cc3cc(O)c(cc3O2)C1. The van der Waals surface area contributed by atoms with Crippen LogP contribution in [0.25, 0.3) is 6.08 Å². The molecule has 0 aliphatic carbocycles. The Morgan fingerprint density at radius 1 is 1.09 bits per heavy atom. The summed E-state index contributed by atoms with van der Waals surface area (Å²) in [4.78, 5) is 0. The zero-order chi connectivity index (χ0) is 16.4. The molecule has 1 N–H and O–H groups in total. The molecule has 23 heavy (non-hydrogen) atoms. The van der Waals surface area contributed by atoms with Crippen molar-refractivity contribution in [2.45, 2.75) is 58.5 Å². The zero-order valence-corrected chi connectivity index (χ0v) is 14.4. The molecule has 2 heteroatoms. The standard InChI is InChI=1S/C21H26O2/c1-15-6-4-7-16(2)12-18-14-20-17(13-19(18)22)9-11-21(3,23-20)10-5-8-15/h7-9,11,13-14,22H,4-6,10,12H2,1-3H3/b15-8+,16-7-/t21-/m0/s1. The molecule has 0 fully saturated rings. The molecule has 0 radical (unpaired) electrons. The summed E-state index contributed by atoms with van der Waals surface area (Å²) in [5.74, 6) is 1.24. The lowest BCUT2D eigenvalue weighted by Crippen LogP contribution is -2.31. The van der Waals surface area contributed by atoms with Crippen molar-refractivity contribution in [1.82, 2.24) is 0 Å². The van der Waals surface area contributed by atoms with E-state index in [9.17, 15) is 5.11 Å². The highest BCUT2D eigenvalue weighted by atomic mass is 16.5. The van der Waals surface area contributed by atoms with E-state index in [1.54, 1.807) is 0 Å². The fraction of sp³-hybridized carbons (Fsp3) is 0.429. The molecule has 0 aromatic heterocycles. The first-order valence-corrected chi connectivity index (χ1v) is 8.51. The van der Waals surface area contributed by atoms with Crippen LogP contribution in [0.15, 0.2) is 41.5 Å². The lowest BCUT2D eigenvalue weighted by molar-refractivity contribution is 0.128. The van der Waals surface area contributed by atoms with Crippen LogP contribution in [-0.4, -0.2) is 10.7 Å². The molecule has 0 amide bonds. The second kappa shape index (κ2) is 6.27. The van der Waals surface area contributed by atoms with Gasteiger partial charge in [0.15, 0.2) is 0 Å². The van der Waals surface area contributed by atoms with Gasteiger partial charge in [-0.2, -0.15) is 0 Å². The molecule has 1 aromatic rings. The van der Waals surface area contributed by atoms with Gasteiger partial charge in [0.2, 0.25) is 0 Å². The van der Waals surface area contributed by atoms with E-state index in [0.717, 1.165) is 49.0 Å². The van der Waals surface area contributed by atoms with Gasteiger partial charge in [0.1, 0.15) is 17.1 Å². The highest BCUT2D eigenvalue weighted by molar-refractivity contribution is 5.64. The number of ether oxygens (including phenoxy) is 1. The molecular formula is C21H26O2. The quantitative estimate of drug-likeness (QED) is 0.635. The Bertz CT molecular complexity index is 694. The van der Waals surface area contributed by atoms with E-state index in [1.807, 2.05) is 12.1 Å². The Labute approximate surface area is 139 Å². The first-order chi connectivity index (χ1) is 11.0. The van der Waals surface area contributed by atoms with E-state index >= 15 is 0 Å². The summed E-state index contributed by atoms with van der Waals surface area (Å²) in [6.07, 6.45) is 13.7. The van der Waals surface area contributed by atoms with Crippen LogP contribution in [-0.2, 0) is 6.42 Å². The van der Waals surface area contributed by atoms with Crippen LogP contribution < -0.4 is 4.74 Å². The van der Waals surface area contributed by atoms with Crippen molar-refractivity contribution in [3.8, 4) is 11.5 Å². The van der Waals surface area contributed by atoms with E-state index in [-0.39, 0.29) is 5.60 Å². The summed E-state index contributed by atoms with van der Waals surface area (Å²) in [5.41, 5.74) is 4.37. The topological polar surface area (TPSA) is 29.5 Å². The fourth-order valence-corrected chi connectivity index (χ4v) is 3.30. The fourth-order valence-electron chi connectivity index (χ4n) is 3.30. The molecule has 0 saturated heterocycles. The predicted octanol–water partition coefficient (Wildman–Crippen LogP) is 5.57. The molecule has 0 unspecified atom stereocenters. The number of rotatable bonds is 0. The van der Waals surface area contributed by atoms with Crippen molar-refractivity contribution in [3.63, 3.8) is 0 Å². The highest BCUT2D eigenvalue weighted by Gasteiger charge is 2.27. The third kappa shape index (κ3) is 3.69. The smallest absolute Gasteiger partial charge is 0.128 e. The Hall–Kier alpha value is -1.96. The summed E-state index contributed by atoms with van der Waals surface area (Å²) in [6, 6.07) is 3.83. The largest absolute Gasteiger partial charge is 0.508 e. The van der Waals surface area contributed by atoms with Crippen LogP contribution in [0, 0.1) is 0 Å². The number of fused-ring (bicyclic) bond motifs is 2. The Kier molecular flexibility index (Phi) is 4.34. The van der Waals surface area contributed by atoms with Gasteiger partial charge in [0.25, 0.3) is 0 Å². The van der Waals surface area contributed by atoms with Gasteiger partial charge >= 0.3 is 0 Å². The van der Waals surface area contributed by atoms with Crippen LogP contribution in [0.5, 0.6) is 11.5 Å². The maximum atomic E-state index is 10.3. The van der Waals surface area contributed by atoms with Crippen LogP contribution in [0.4, 0.5) is 0 Å². The molecule has 2 aliphatic heterocycles. The van der Waals surface area contributed by atoms with Gasteiger partial charge in [-0.25, -0.2) is 0 Å².